The van der Waals surface area contributed by atoms with Crippen LogP contribution in [0.5, 0.6) is 0 Å². The second-order valence-corrected chi connectivity index (χ2v) is 5.88. The molecule has 4 heteroatoms. The SMILES string of the molecule is CN1CCC(CCN(C)c2ccc(Br)cn2)C1. The molecule has 1 fully saturated rings. The lowest BCUT2D eigenvalue weighted by Gasteiger charge is -2.20. The Kier molecular flexibility index (Phi) is 4.40. The Morgan fingerprint density at radius 2 is 2.35 bits per heavy atom. The zero-order valence-electron chi connectivity index (χ0n) is 10.6. The standard InChI is InChI=1S/C13H20BrN3/c1-16-7-5-11(10-16)6-8-17(2)13-4-3-12(14)9-15-13/h3-4,9,11H,5-8,10H2,1-2H3. The van der Waals surface area contributed by atoms with E-state index in [4.69, 9.17) is 0 Å². The number of halogens is 1. The van der Waals surface area contributed by atoms with Gasteiger partial charge in [-0.05, 0) is 60.4 Å². The van der Waals surface area contributed by atoms with Crippen molar-refractivity contribution in [2.45, 2.75) is 12.8 Å². The fourth-order valence-corrected chi connectivity index (χ4v) is 2.58. The molecule has 0 saturated carbocycles. The number of likely N-dealkylation sites (tertiary alicyclic amines) is 1. The summed E-state index contributed by atoms with van der Waals surface area (Å²) in [4.78, 5) is 9.07. The van der Waals surface area contributed by atoms with Crippen molar-refractivity contribution in [1.29, 1.82) is 0 Å². The van der Waals surface area contributed by atoms with E-state index in [2.05, 4.69) is 50.9 Å². The number of hydrogen-bond donors (Lipinski definition) is 0. The first-order valence-corrected chi connectivity index (χ1v) is 6.95. The highest BCUT2D eigenvalue weighted by Crippen LogP contribution is 2.20. The quantitative estimate of drug-likeness (QED) is 0.852. The number of nitrogens with zero attached hydrogens (tertiary/aromatic N) is 3. The Morgan fingerprint density at radius 1 is 1.53 bits per heavy atom. The molecule has 1 aromatic rings. The number of pyridine rings is 1. The Hall–Kier alpha value is -0.610. The van der Waals surface area contributed by atoms with Crippen molar-refractivity contribution in [3.05, 3.63) is 22.8 Å². The van der Waals surface area contributed by atoms with Gasteiger partial charge in [0.1, 0.15) is 5.82 Å². The molecule has 3 nitrogen and oxygen atoms in total. The number of anilines is 1. The van der Waals surface area contributed by atoms with Crippen molar-refractivity contribution in [3.8, 4) is 0 Å². The van der Waals surface area contributed by atoms with Gasteiger partial charge in [-0.1, -0.05) is 0 Å². The maximum Gasteiger partial charge on any atom is 0.128 e. The average Bonchev–Trinajstić information content (AvgIpc) is 2.73. The van der Waals surface area contributed by atoms with Crippen molar-refractivity contribution < 1.29 is 0 Å². The van der Waals surface area contributed by atoms with Crippen LogP contribution in [0, 0.1) is 5.92 Å². The van der Waals surface area contributed by atoms with Crippen LogP contribution in [0.3, 0.4) is 0 Å². The van der Waals surface area contributed by atoms with Crippen LogP contribution in [0.15, 0.2) is 22.8 Å². The molecule has 1 unspecified atom stereocenters. The molecular formula is C13H20BrN3. The molecule has 1 aliphatic rings. The van der Waals surface area contributed by atoms with Crippen molar-refractivity contribution in [3.63, 3.8) is 0 Å². The van der Waals surface area contributed by atoms with Gasteiger partial charge in [-0.3, -0.25) is 0 Å². The van der Waals surface area contributed by atoms with Crippen LogP contribution < -0.4 is 4.90 Å². The minimum absolute atomic E-state index is 0.859. The van der Waals surface area contributed by atoms with Crippen molar-refractivity contribution in [2.75, 3.05) is 38.6 Å². The van der Waals surface area contributed by atoms with E-state index in [9.17, 15) is 0 Å². The van der Waals surface area contributed by atoms with Gasteiger partial charge in [0, 0.05) is 30.8 Å². The van der Waals surface area contributed by atoms with Gasteiger partial charge in [-0.15, -0.1) is 0 Å². The zero-order valence-corrected chi connectivity index (χ0v) is 12.2. The summed E-state index contributed by atoms with van der Waals surface area (Å²) in [5.74, 6) is 1.91. The van der Waals surface area contributed by atoms with Gasteiger partial charge in [0.25, 0.3) is 0 Å². The molecule has 0 bridgehead atoms. The number of rotatable bonds is 4. The summed E-state index contributed by atoms with van der Waals surface area (Å²) in [6, 6.07) is 4.10. The predicted molar refractivity (Wildman–Crippen MR) is 75.4 cm³/mol. The van der Waals surface area contributed by atoms with E-state index >= 15 is 0 Å². The van der Waals surface area contributed by atoms with Crippen LogP contribution in [-0.4, -0.2) is 43.6 Å². The molecule has 1 atom stereocenters. The smallest absolute Gasteiger partial charge is 0.128 e. The molecule has 0 amide bonds. The van der Waals surface area contributed by atoms with Crippen LogP contribution in [0.2, 0.25) is 0 Å². The van der Waals surface area contributed by atoms with Crippen molar-refractivity contribution >= 4 is 21.7 Å². The molecule has 94 valence electrons. The Morgan fingerprint density at radius 3 is 2.94 bits per heavy atom. The van der Waals surface area contributed by atoms with E-state index in [-0.39, 0.29) is 0 Å². The second kappa shape index (κ2) is 5.83. The Labute approximate surface area is 112 Å². The minimum Gasteiger partial charge on any atom is -0.360 e. The van der Waals surface area contributed by atoms with Gasteiger partial charge < -0.3 is 9.80 Å². The van der Waals surface area contributed by atoms with Gasteiger partial charge >= 0.3 is 0 Å². The molecule has 0 aromatic carbocycles. The maximum absolute atomic E-state index is 4.41. The molecule has 2 rings (SSSR count). The fourth-order valence-electron chi connectivity index (χ4n) is 2.35. The number of aromatic nitrogens is 1. The molecule has 1 aromatic heterocycles. The molecule has 1 saturated heterocycles. The maximum atomic E-state index is 4.41. The highest BCUT2D eigenvalue weighted by atomic mass is 79.9. The molecule has 0 spiro atoms. The first-order chi connectivity index (χ1) is 8.15. The Balaban J connectivity index is 1.81. The van der Waals surface area contributed by atoms with E-state index in [0.29, 0.717) is 0 Å². The predicted octanol–water partition coefficient (Wildman–Crippen LogP) is 2.62. The monoisotopic (exact) mass is 297 g/mol. The summed E-state index contributed by atoms with van der Waals surface area (Å²) >= 11 is 3.41. The minimum atomic E-state index is 0.859. The van der Waals surface area contributed by atoms with Crippen molar-refractivity contribution in [2.24, 2.45) is 5.92 Å². The molecule has 0 radical (unpaired) electrons. The van der Waals surface area contributed by atoms with Gasteiger partial charge in [0.05, 0.1) is 0 Å². The van der Waals surface area contributed by atoms with Crippen molar-refractivity contribution in [1.82, 2.24) is 9.88 Å². The summed E-state index contributed by atoms with van der Waals surface area (Å²) < 4.78 is 1.03. The van der Waals surface area contributed by atoms with E-state index in [1.54, 1.807) is 0 Å². The van der Waals surface area contributed by atoms with Gasteiger partial charge in [-0.25, -0.2) is 4.98 Å². The van der Waals surface area contributed by atoms with Crippen LogP contribution in [0.4, 0.5) is 5.82 Å². The van der Waals surface area contributed by atoms with E-state index in [1.165, 1.54) is 25.9 Å². The summed E-state index contributed by atoms with van der Waals surface area (Å²) in [6.45, 7) is 3.60. The summed E-state index contributed by atoms with van der Waals surface area (Å²) in [6.07, 6.45) is 4.46. The zero-order chi connectivity index (χ0) is 12.3. The summed E-state index contributed by atoms with van der Waals surface area (Å²) in [7, 11) is 4.33. The second-order valence-electron chi connectivity index (χ2n) is 4.96. The fraction of sp³-hybridized carbons (Fsp3) is 0.615. The third-order valence-corrected chi connectivity index (χ3v) is 3.93. The molecular weight excluding hydrogens is 278 g/mol. The van der Waals surface area contributed by atoms with E-state index in [0.717, 1.165) is 22.8 Å². The van der Waals surface area contributed by atoms with Gasteiger partial charge in [0.2, 0.25) is 0 Å². The average molecular weight is 298 g/mol. The largest absolute Gasteiger partial charge is 0.360 e. The van der Waals surface area contributed by atoms with Crippen LogP contribution in [-0.2, 0) is 0 Å². The third kappa shape index (κ3) is 3.68. The summed E-state index contributed by atoms with van der Waals surface area (Å²) in [5, 5.41) is 0. The number of hydrogen-bond acceptors (Lipinski definition) is 3. The molecule has 1 aliphatic heterocycles. The normalized spacial score (nSPS) is 20.8. The molecule has 17 heavy (non-hydrogen) atoms. The lowest BCUT2D eigenvalue weighted by Crippen LogP contribution is -2.23. The lowest BCUT2D eigenvalue weighted by molar-refractivity contribution is 0.389. The van der Waals surface area contributed by atoms with Gasteiger partial charge in [-0.2, -0.15) is 0 Å². The highest BCUT2D eigenvalue weighted by Gasteiger charge is 2.19. The Bertz CT molecular complexity index is 352. The lowest BCUT2D eigenvalue weighted by atomic mass is 10.1. The van der Waals surface area contributed by atoms with E-state index < -0.39 is 0 Å². The summed E-state index contributed by atoms with van der Waals surface area (Å²) in [5.41, 5.74) is 0. The van der Waals surface area contributed by atoms with Gasteiger partial charge in [0.15, 0.2) is 0 Å². The van der Waals surface area contributed by atoms with E-state index in [1.807, 2.05) is 12.3 Å². The highest BCUT2D eigenvalue weighted by molar-refractivity contribution is 9.10. The molecule has 2 heterocycles. The molecule has 0 N–H and O–H groups in total. The third-order valence-electron chi connectivity index (χ3n) is 3.46. The van der Waals surface area contributed by atoms with Crippen LogP contribution in [0.1, 0.15) is 12.8 Å². The van der Waals surface area contributed by atoms with Crippen LogP contribution >= 0.6 is 15.9 Å². The topological polar surface area (TPSA) is 19.4 Å². The molecule has 0 aliphatic carbocycles. The van der Waals surface area contributed by atoms with Crippen LogP contribution in [0.25, 0.3) is 0 Å². The first kappa shape index (κ1) is 12.8. The first-order valence-electron chi connectivity index (χ1n) is 6.16.